The fourth-order valence-corrected chi connectivity index (χ4v) is 3.14. The lowest BCUT2D eigenvalue weighted by Gasteiger charge is -2.18. The summed E-state index contributed by atoms with van der Waals surface area (Å²) in [5, 5.41) is 0. The molecule has 0 bridgehead atoms. The fraction of sp³-hybridized carbons (Fsp3) is 0.273. The maximum Gasteiger partial charge on any atom is 0.201 e. The van der Waals surface area contributed by atoms with Gasteiger partial charge in [-0.25, -0.2) is 8.78 Å². The molecule has 2 aromatic carbocycles. The van der Waals surface area contributed by atoms with Crippen LogP contribution in [0.1, 0.15) is 42.0 Å². The third-order valence-corrected chi connectivity index (χ3v) is 4.52. The molecule has 1 nitrogen and oxygen atoms in total. The summed E-state index contributed by atoms with van der Waals surface area (Å²) in [6.45, 7) is 2.12. The molecule has 134 valence electrons. The lowest BCUT2D eigenvalue weighted by molar-refractivity contribution is 0.371. The lowest BCUT2D eigenvalue weighted by Crippen LogP contribution is -2.07. The minimum absolute atomic E-state index is 0.134. The summed E-state index contributed by atoms with van der Waals surface area (Å²) in [4.78, 5) is 0. The Morgan fingerprint density at radius 2 is 1.65 bits per heavy atom. The van der Waals surface area contributed by atoms with Gasteiger partial charge in [-0.3, -0.25) is 0 Å². The monoisotopic (exact) mass is 356 g/mol. The molecule has 1 aliphatic rings. The third kappa shape index (κ3) is 3.48. The molecule has 0 unspecified atom stereocenters. The predicted molar refractivity (Wildman–Crippen MR) is 95.7 cm³/mol. The number of allylic oxidation sites excluding steroid dienone is 2. The second-order valence-corrected chi connectivity index (χ2v) is 6.25. The maximum atomic E-state index is 14.7. The first-order chi connectivity index (χ1) is 12.5. The molecule has 0 atom stereocenters. The molecular formula is C22H19F3O. The van der Waals surface area contributed by atoms with E-state index in [1.165, 1.54) is 24.8 Å². The van der Waals surface area contributed by atoms with E-state index in [0.29, 0.717) is 12.0 Å². The highest BCUT2D eigenvalue weighted by Crippen LogP contribution is 2.27. The van der Waals surface area contributed by atoms with E-state index in [2.05, 4.69) is 24.8 Å². The van der Waals surface area contributed by atoms with Crippen LogP contribution in [0.25, 0.3) is 0 Å². The smallest absolute Gasteiger partial charge is 0.201 e. The van der Waals surface area contributed by atoms with Gasteiger partial charge in [0.1, 0.15) is 5.82 Å². The summed E-state index contributed by atoms with van der Waals surface area (Å²) >= 11 is 0. The first-order valence-corrected chi connectivity index (χ1v) is 8.57. The van der Waals surface area contributed by atoms with Crippen molar-refractivity contribution in [2.45, 2.75) is 32.6 Å². The zero-order chi connectivity index (χ0) is 18.7. The van der Waals surface area contributed by atoms with Gasteiger partial charge in [-0.05, 0) is 48.6 Å². The summed E-state index contributed by atoms with van der Waals surface area (Å²) < 4.78 is 47.2. The minimum atomic E-state index is -1.10. The average molecular weight is 356 g/mol. The molecule has 0 amide bonds. The molecule has 4 heteroatoms. The Bertz CT molecular complexity index is 933. The second-order valence-electron chi connectivity index (χ2n) is 6.25. The fourth-order valence-electron chi connectivity index (χ4n) is 3.14. The summed E-state index contributed by atoms with van der Waals surface area (Å²) in [5.74, 6) is 2.39. The van der Waals surface area contributed by atoms with Crippen molar-refractivity contribution in [3.8, 4) is 17.6 Å². The molecule has 0 heterocycles. The number of ether oxygens (including phenoxy) is 1. The van der Waals surface area contributed by atoms with Crippen molar-refractivity contribution in [3.63, 3.8) is 0 Å². The predicted octanol–water partition coefficient (Wildman–Crippen LogP) is 5.34. The minimum Gasteiger partial charge on any atom is -0.494 e. The normalized spacial score (nSPS) is 12.7. The maximum absolute atomic E-state index is 14.7. The molecule has 2 aromatic rings. The Morgan fingerprint density at radius 1 is 0.962 bits per heavy atom. The molecule has 0 radical (unpaired) electrons. The van der Waals surface area contributed by atoms with Crippen molar-refractivity contribution >= 4 is 0 Å². The van der Waals surface area contributed by atoms with Gasteiger partial charge in [-0.1, -0.05) is 42.9 Å². The zero-order valence-electron chi connectivity index (χ0n) is 14.8. The van der Waals surface area contributed by atoms with Crippen LogP contribution < -0.4 is 4.74 Å². The van der Waals surface area contributed by atoms with Crippen LogP contribution in [0, 0.1) is 29.3 Å². The standard InChI is InChI=1S/C22H19F3O/c1-3-4-14-5-11-18-17(13-14)9-8-15(20(18)23)6-7-16-10-12-19(26-2)22(25)21(16)24/h5,8-10,12H,3-4,11,13H2,1-2H3. The van der Waals surface area contributed by atoms with Gasteiger partial charge in [0.05, 0.1) is 18.2 Å². The number of hydrogen-bond donors (Lipinski definition) is 0. The Kier molecular flexibility index (Phi) is 5.37. The highest BCUT2D eigenvalue weighted by Gasteiger charge is 2.17. The zero-order valence-corrected chi connectivity index (χ0v) is 14.8. The van der Waals surface area contributed by atoms with Crippen molar-refractivity contribution < 1.29 is 17.9 Å². The van der Waals surface area contributed by atoms with Crippen LogP contribution in [-0.4, -0.2) is 7.11 Å². The van der Waals surface area contributed by atoms with Gasteiger partial charge < -0.3 is 4.74 Å². The Labute approximate surface area is 151 Å². The number of methoxy groups -OCH3 is 1. The van der Waals surface area contributed by atoms with E-state index in [9.17, 15) is 13.2 Å². The Balaban J connectivity index is 1.91. The Morgan fingerprint density at radius 3 is 2.35 bits per heavy atom. The topological polar surface area (TPSA) is 9.23 Å². The largest absolute Gasteiger partial charge is 0.494 e. The Hall–Kier alpha value is -2.67. The highest BCUT2D eigenvalue weighted by molar-refractivity contribution is 5.50. The van der Waals surface area contributed by atoms with Crippen molar-refractivity contribution in [2.75, 3.05) is 7.11 Å². The van der Waals surface area contributed by atoms with Gasteiger partial charge in [-0.2, -0.15) is 4.39 Å². The van der Waals surface area contributed by atoms with Gasteiger partial charge in [0.2, 0.25) is 5.82 Å². The summed E-state index contributed by atoms with van der Waals surface area (Å²) in [6, 6.07) is 6.09. The summed E-state index contributed by atoms with van der Waals surface area (Å²) in [7, 11) is 1.26. The highest BCUT2D eigenvalue weighted by atomic mass is 19.2. The number of halogens is 3. The van der Waals surface area contributed by atoms with Crippen molar-refractivity contribution in [3.05, 3.63) is 75.6 Å². The third-order valence-electron chi connectivity index (χ3n) is 4.52. The van der Waals surface area contributed by atoms with Crippen LogP contribution in [0.5, 0.6) is 5.75 Å². The van der Waals surface area contributed by atoms with Crippen molar-refractivity contribution in [2.24, 2.45) is 0 Å². The van der Waals surface area contributed by atoms with Gasteiger partial charge in [0.15, 0.2) is 11.6 Å². The molecule has 3 rings (SSSR count). The van der Waals surface area contributed by atoms with Crippen molar-refractivity contribution in [1.82, 2.24) is 0 Å². The van der Waals surface area contributed by atoms with Crippen LogP contribution in [0.2, 0.25) is 0 Å². The van der Waals surface area contributed by atoms with Crippen LogP contribution in [0.15, 0.2) is 35.9 Å². The molecule has 0 N–H and O–H groups in total. The quantitative estimate of drug-likeness (QED) is 0.533. The summed E-state index contributed by atoms with van der Waals surface area (Å²) in [6.07, 6.45) is 5.45. The van der Waals surface area contributed by atoms with E-state index in [0.717, 1.165) is 24.8 Å². The molecule has 0 spiro atoms. The first kappa shape index (κ1) is 18.1. The SMILES string of the molecule is CCCC1=CCc2c(ccc(C#Cc3ccc(OC)c(F)c3F)c2F)C1. The summed E-state index contributed by atoms with van der Waals surface area (Å²) in [5.41, 5.74) is 2.99. The van der Waals surface area contributed by atoms with Gasteiger partial charge >= 0.3 is 0 Å². The number of rotatable bonds is 3. The van der Waals surface area contributed by atoms with Crippen LogP contribution in [0.3, 0.4) is 0 Å². The molecule has 0 aromatic heterocycles. The lowest BCUT2D eigenvalue weighted by atomic mass is 9.88. The van der Waals surface area contributed by atoms with Crippen LogP contribution in [0.4, 0.5) is 13.2 Å². The second kappa shape index (κ2) is 7.70. The van der Waals surface area contributed by atoms with Gasteiger partial charge in [0, 0.05) is 0 Å². The molecule has 0 saturated heterocycles. The van der Waals surface area contributed by atoms with E-state index >= 15 is 0 Å². The number of hydrogen-bond acceptors (Lipinski definition) is 1. The van der Waals surface area contributed by atoms with Crippen LogP contribution >= 0.6 is 0 Å². The van der Waals surface area contributed by atoms with Crippen LogP contribution in [-0.2, 0) is 12.8 Å². The van der Waals surface area contributed by atoms with Crippen molar-refractivity contribution in [1.29, 1.82) is 0 Å². The first-order valence-electron chi connectivity index (χ1n) is 8.57. The molecule has 0 aliphatic heterocycles. The molecule has 0 fully saturated rings. The number of benzene rings is 2. The van der Waals surface area contributed by atoms with Gasteiger partial charge in [-0.15, -0.1) is 0 Å². The van der Waals surface area contributed by atoms with E-state index in [-0.39, 0.29) is 22.7 Å². The van der Waals surface area contributed by atoms with E-state index in [4.69, 9.17) is 4.74 Å². The molecule has 26 heavy (non-hydrogen) atoms. The molecule has 1 aliphatic carbocycles. The van der Waals surface area contributed by atoms with Gasteiger partial charge in [0.25, 0.3) is 0 Å². The molecule has 0 saturated carbocycles. The average Bonchev–Trinajstić information content (AvgIpc) is 2.64. The van der Waals surface area contributed by atoms with E-state index in [1.807, 2.05) is 6.07 Å². The number of fused-ring (bicyclic) bond motifs is 1. The van der Waals surface area contributed by atoms with E-state index < -0.39 is 11.6 Å². The van der Waals surface area contributed by atoms with E-state index in [1.54, 1.807) is 6.07 Å². The molecular weight excluding hydrogens is 337 g/mol.